The summed E-state index contributed by atoms with van der Waals surface area (Å²) < 4.78 is 11.3. The Bertz CT molecular complexity index is 382. The zero-order valence-electron chi connectivity index (χ0n) is 12.9. The van der Waals surface area contributed by atoms with Gasteiger partial charge in [0.25, 0.3) is 0 Å². The average Bonchev–Trinajstić information content (AvgIpc) is 2.97. The SMILES string of the molecule is CCNC(COC1CCOC1)c1ccc(C(C)C)cc1. The van der Waals surface area contributed by atoms with Crippen molar-refractivity contribution in [2.24, 2.45) is 0 Å². The fourth-order valence-electron chi connectivity index (χ4n) is 2.51. The number of likely N-dealkylation sites (N-methyl/N-ethyl adjacent to an activating group) is 1. The molecule has 0 bridgehead atoms. The van der Waals surface area contributed by atoms with Crippen LogP contribution >= 0.6 is 0 Å². The number of hydrogen-bond donors (Lipinski definition) is 1. The summed E-state index contributed by atoms with van der Waals surface area (Å²) in [5, 5.41) is 3.51. The highest BCUT2D eigenvalue weighted by molar-refractivity contribution is 5.27. The van der Waals surface area contributed by atoms with E-state index in [-0.39, 0.29) is 12.1 Å². The van der Waals surface area contributed by atoms with Crippen LogP contribution in [0.25, 0.3) is 0 Å². The summed E-state index contributed by atoms with van der Waals surface area (Å²) in [4.78, 5) is 0. The molecule has 3 nitrogen and oxygen atoms in total. The summed E-state index contributed by atoms with van der Waals surface area (Å²) in [7, 11) is 0. The standard InChI is InChI=1S/C17H27NO2/c1-4-18-17(12-20-16-9-10-19-11-16)15-7-5-14(6-8-15)13(2)3/h5-8,13,16-18H,4,9-12H2,1-3H3. The van der Waals surface area contributed by atoms with E-state index in [0.717, 1.165) is 26.2 Å². The van der Waals surface area contributed by atoms with Gasteiger partial charge in [0.05, 0.1) is 25.4 Å². The van der Waals surface area contributed by atoms with Crippen molar-refractivity contribution in [1.82, 2.24) is 5.32 Å². The van der Waals surface area contributed by atoms with Gasteiger partial charge in [-0.25, -0.2) is 0 Å². The number of nitrogens with one attached hydrogen (secondary N) is 1. The minimum Gasteiger partial charge on any atom is -0.379 e. The molecule has 2 rings (SSSR count). The second-order valence-electron chi connectivity index (χ2n) is 5.75. The first kappa shape index (κ1) is 15.5. The van der Waals surface area contributed by atoms with Gasteiger partial charge in [-0.15, -0.1) is 0 Å². The molecule has 0 aromatic heterocycles. The Morgan fingerprint density at radius 1 is 1.25 bits per heavy atom. The largest absolute Gasteiger partial charge is 0.379 e. The highest BCUT2D eigenvalue weighted by Crippen LogP contribution is 2.20. The predicted molar refractivity (Wildman–Crippen MR) is 82.1 cm³/mol. The summed E-state index contributed by atoms with van der Waals surface area (Å²) in [6.07, 6.45) is 1.29. The number of hydrogen-bond acceptors (Lipinski definition) is 3. The molecule has 1 aliphatic heterocycles. The zero-order chi connectivity index (χ0) is 14.4. The molecule has 0 amide bonds. The Labute approximate surface area is 122 Å². The molecule has 2 unspecified atom stereocenters. The Kier molecular flexibility index (Phi) is 6.02. The summed E-state index contributed by atoms with van der Waals surface area (Å²) in [5.74, 6) is 0.577. The van der Waals surface area contributed by atoms with Crippen LogP contribution in [0.2, 0.25) is 0 Å². The molecule has 1 aromatic carbocycles. The third-order valence-corrected chi connectivity index (χ3v) is 3.84. The summed E-state index contributed by atoms with van der Waals surface area (Å²) in [5.41, 5.74) is 2.68. The van der Waals surface area contributed by atoms with Gasteiger partial charge in [-0.1, -0.05) is 45.0 Å². The number of rotatable bonds is 7. The number of ether oxygens (including phenoxy) is 2. The molecule has 1 N–H and O–H groups in total. The lowest BCUT2D eigenvalue weighted by Gasteiger charge is -2.21. The molecule has 1 heterocycles. The van der Waals surface area contributed by atoms with Crippen LogP contribution in [-0.4, -0.2) is 32.5 Å². The van der Waals surface area contributed by atoms with Gasteiger partial charge in [-0.3, -0.25) is 0 Å². The summed E-state index contributed by atoms with van der Waals surface area (Å²) in [6.45, 7) is 9.81. The van der Waals surface area contributed by atoms with E-state index in [0.29, 0.717) is 12.5 Å². The van der Waals surface area contributed by atoms with Crippen LogP contribution in [0, 0.1) is 0 Å². The van der Waals surface area contributed by atoms with Gasteiger partial charge in [0, 0.05) is 6.61 Å². The molecule has 3 heteroatoms. The Balaban J connectivity index is 1.95. The third-order valence-electron chi connectivity index (χ3n) is 3.84. The molecule has 0 aliphatic carbocycles. The quantitative estimate of drug-likeness (QED) is 0.830. The molecule has 0 radical (unpaired) electrons. The van der Waals surface area contributed by atoms with Crippen molar-refractivity contribution in [3.05, 3.63) is 35.4 Å². The van der Waals surface area contributed by atoms with Crippen molar-refractivity contribution < 1.29 is 9.47 Å². The first-order valence-electron chi connectivity index (χ1n) is 7.73. The van der Waals surface area contributed by atoms with Crippen molar-refractivity contribution in [3.8, 4) is 0 Å². The first-order valence-corrected chi connectivity index (χ1v) is 7.73. The van der Waals surface area contributed by atoms with Crippen LogP contribution in [0.5, 0.6) is 0 Å². The lowest BCUT2D eigenvalue weighted by Crippen LogP contribution is -2.28. The van der Waals surface area contributed by atoms with Crippen molar-refractivity contribution in [3.63, 3.8) is 0 Å². The molecule has 2 atom stereocenters. The highest BCUT2D eigenvalue weighted by Gasteiger charge is 2.19. The van der Waals surface area contributed by atoms with E-state index in [4.69, 9.17) is 9.47 Å². The van der Waals surface area contributed by atoms with E-state index in [1.165, 1.54) is 11.1 Å². The summed E-state index contributed by atoms with van der Waals surface area (Å²) in [6, 6.07) is 9.15. The van der Waals surface area contributed by atoms with Crippen LogP contribution in [0.1, 0.15) is 50.3 Å². The molecule has 1 aliphatic rings. The Morgan fingerprint density at radius 3 is 2.50 bits per heavy atom. The van der Waals surface area contributed by atoms with Gasteiger partial charge in [0.2, 0.25) is 0 Å². The average molecular weight is 277 g/mol. The van der Waals surface area contributed by atoms with Crippen LogP contribution < -0.4 is 5.32 Å². The van der Waals surface area contributed by atoms with E-state index < -0.39 is 0 Å². The maximum absolute atomic E-state index is 5.96. The molecular weight excluding hydrogens is 250 g/mol. The minimum absolute atomic E-state index is 0.266. The molecule has 1 saturated heterocycles. The molecule has 1 aromatic rings. The molecule has 20 heavy (non-hydrogen) atoms. The van der Waals surface area contributed by atoms with Crippen LogP contribution in [0.3, 0.4) is 0 Å². The predicted octanol–water partition coefficient (Wildman–Crippen LogP) is 3.27. The van der Waals surface area contributed by atoms with Crippen molar-refractivity contribution >= 4 is 0 Å². The Morgan fingerprint density at radius 2 is 1.95 bits per heavy atom. The smallest absolute Gasteiger partial charge is 0.0831 e. The molecule has 0 spiro atoms. The maximum Gasteiger partial charge on any atom is 0.0831 e. The fraction of sp³-hybridized carbons (Fsp3) is 0.647. The lowest BCUT2D eigenvalue weighted by molar-refractivity contribution is 0.0300. The fourth-order valence-corrected chi connectivity index (χ4v) is 2.51. The van der Waals surface area contributed by atoms with Gasteiger partial charge >= 0.3 is 0 Å². The molecule has 1 fully saturated rings. The van der Waals surface area contributed by atoms with Gasteiger partial charge in [0.1, 0.15) is 0 Å². The van der Waals surface area contributed by atoms with Crippen LogP contribution in [-0.2, 0) is 9.47 Å². The van der Waals surface area contributed by atoms with E-state index >= 15 is 0 Å². The van der Waals surface area contributed by atoms with Crippen molar-refractivity contribution in [2.45, 2.75) is 45.3 Å². The first-order chi connectivity index (χ1) is 9.70. The topological polar surface area (TPSA) is 30.5 Å². The molecule has 0 saturated carbocycles. The highest BCUT2D eigenvalue weighted by atomic mass is 16.5. The van der Waals surface area contributed by atoms with Gasteiger partial charge in [0.15, 0.2) is 0 Å². The van der Waals surface area contributed by atoms with E-state index in [9.17, 15) is 0 Å². The number of benzene rings is 1. The molecular formula is C17H27NO2. The second kappa shape index (κ2) is 7.77. The maximum atomic E-state index is 5.96. The monoisotopic (exact) mass is 277 g/mol. The molecule has 112 valence electrons. The normalized spacial score (nSPS) is 20.5. The zero-order valence-corrected chi connectivity index (χ0v) is 12.9. The van der Waals surface area contributed by atoms with Crippen molar-refractivity contribution in [2.75, 3.05) is 26.4 Å². The van der Waals surface area contributed by atoms with E-state index in [1.54, 1.807) is 0 Å². The van der Waals surface area contributed by atoms with Crippen LogP contribution in [0.15, 0.2) is 24.3 Å². The summed E-state index contributed by atoms with van der Waals surface area (Å²) >= 11 is 0. The second-order valence-corrected chi connectivity index (χ2v) is 5.75. The van der Waals surface area contributed by atoms with Gasteiger partial charge in [-0.05, 0) is 30.0 Å². The lowest BCUT2D eigenvalue weighted by atomic mass is 9.99. The van der Waals surface area contributed by atoms with Crippen molar-refractivity contribution in [1.29, 1.82) is 0 Å². The van der Waals surface area contributed by atoms with Gasteiger partial charge in [-0.2, -0.15) is 0 Å². The minimum atomic E-state index is 0.266. The Hall–Kier alpha value is -0.900. The third kappa shape index (κ3) is 4.30. The van der Waals surface area contributed by atoms with Gasteiger partial charge < -0.3 is 14.8 Å². The van der Waals surface area contributed by atoms with Crippen LogP contribution in [0.4, 0.5) is 0 Å². The van der Waals surface area contributed by atoms with E-state index in [2.05, 4.69) is 50.4 Å². The van der Waals surface area contributed by atoms with E-state index in [1.807, 2.05) is 0 Å².